The molecule has 144 valence electrons. The van der Waals surface area contributed by atoms with Crippen LogP contribution in [0.4, 0.5) is 5.82 Å². The molecule has 0 spiro atoms. The van der Waals surface area contributed by atoms with Crippen molar-refractivity contribution < 1.29 is 4.79 Å². The number of benzene rings is 1. The minimum absolute atomic E-state index is 0.0857. The number of aryl methyl sites for hydroxylation is 2. The third kappa shape index (κ3) is 3.89. The third-order valence-electron chi connectivity index (χ3n) is 4.61. The second kappa shape index (κ2) is 7.63. The van der Waals surface area contributed by atoms with E-state index in [9.17, 15) is 9.59 Å². The summed E-state index contributed by atoms with van der Waals surface area (Å²) in [6.45, 7) is 3.82. The Balaban J connectivity index is 1.63. The normalized spacial score (nSPS) is 10.8. The predicted molar refractivity (Wildman–Crippen MR) is 111 cm³/mol. The molecule has 4 rings (SSSR count). The molecule has 7 heteroatoms. The zero-order valence-corrected chi connectivity index (χ0v) is 16.1. The van der Waals surface area contributed by atoms with Crippen LogP contribution >= 0.6 is 0 Å². The quantitative estimate of drug-likeness (QED) is 0.583. The lowest BCUT2D eigenvalue weighted by molar-refractivity contribution is 0.102. The Morgan fingerprint density at radius 3 is 2.66 bits per heavy atom. The van der Waals surface area contributed by atoms with Gasteiger partial charge in [-0.2, -0.15) is 0 Å². The van der Waals surface area contributed by atoms with Crippen molar-refractivity contribution in [3.8, 4) is 0 Å². The van der Waals surface area contributed by atoms with Crippen molar-refractivity contribution in [1.82, 2.24) is 19.5 Å². The van der Waals surface area contributed by atoms with E-state index in [4.69, 9.17) is 0 Å². The average Bonchev–Trinajstić information content (AvgIpc) is 2.72. The molecule has 0 saturated heterocycles. The van der Waals surface area contributed by atoms with Gasteiger partial charge in [-0.1, -0.05) is 18.2 Å². The van der Waals surface area contributed by atoms with Gasteiger partial charge in [-0.15, -0.1) is 0 Å². The fourth-order valence-electron chi connectivity index (χ4n) is 3.06. The molecule has 0 atom stereocenters. The SMILES string of the molecule is Cc1cnc(Cn2ccc(C)c(C(=O)Nc3ccc4ccccc4n3)c2=O)cn1. The largest absolute Gasteiger partial charge is 0.309 e. The van der Waals surface area contributed by atoms with Crippen LogP contribution in [0.15, 0.2) is 65.8 Å². The summed E-state index contributed by atoms with van der Waals surface area (Å²) < 4.78 is 1.45. The molecule has 0 aliphatic rings. The second-order valence-electron chi connectivity index (χ2n) is 6.80. The summed E-state index contributed by atoms with van der Waals surface area (Å²) in [6, 6.07) is 13.0. The molecule has 1 N–H and O–H groups in total. The molecular formula is C22H19N5O2. The molecule has 0 saturated carbocycles. The van der Waals surface area contributed by atoms with Gasteiger partial charge in [-0.3, -0.25) is 19.6 Å². The van der Waals surface area contributed by atoms with Crippen molar-refractivity contribution in [3.63, 3.8) is 0 Å². The second-order valence-corrected chi connectivity index (χ2v) is 6.80. The van der Waals surface area contributed by atoms with E-state index in [1.165, 1.54) is 4.57 Å². The van der Waals surface area contributed by atoms with Gasteiger partial charge < -0.3 is 9.88 Å². The molecule has 7 nitrogen and oxygen atoms in total. The first-order valence-corrected chi connectivity index (χ1v) is 9.16. The maximum absolute atomic E-state index is 12.9. The van der Waals surface area contributed by atoms with Gasteiger partial charge in [-0.05, 0) is 43.7 Å². The van der Waals surface area contributed by atoms with Gasteiger partial charge in [0.25, 0.3) is 11.5 Å². The minimum Gasteiger partial charge on any atom is -0.309 e. The van der Waals surface area contributed by atoms with Crippen molar-refractivity contribution in [2.45, 2.75) is 20.4 Å². The average molecular weight is 385 g/mol. The fraction of sp³-hybridized carbons (Fsp3) is 0.136. The lowest BCUT2D eigenvalue weighted by atomic mass is 10.1. The Bertz CT molecular complexity index is 1260. The molecule has 29 heavy (non-hydrogen) atoms. The van der Waals surface area contributed by atoms with Crippen LogP contribution in [-0.2, 0) is 6.54 Å². The van der Waals surface area contributed by atoms with Crippen molar-refractivity contribution in [3.05, 3.63) is 93.9 Å². The molecule has 3 heterocycles. The lowest BCUT2D eigenvalue weighted by Crippen LogP contribution is -2.30. The number of amides is 1. The van der Waals surface area contributed by atoms with Crippen molar-refractivity contribution >= 4 is 22.6 Å². The van der Waals surface area contributed by atoms with E-state index in [-0.39, 0.29) is 17.7 Å². The van der Waals surface area contributed by atoms with Crippen LogP contribution in [0, 0.1) is 13.8 Å². The monoisotopic (exact) mass is 385 g/mol. The van der Waals surface area contributed by atoms with E-state index < -0.39 is 5.91 Å². The molecule has 0 aliphatic carbocycles. The Hall–Kier alpha value is -3.87. The standard InChI is InChI=1S/C22H19N5O2/c1-14-9-10-27(13-17-12-23-15(2)11-24-17)22(29)20(14)21(28)26-19-8-7-16-5-3-4-6-18(16)25-19/h3-12H,13H2,1-2H3,(H,25,26,28). The summed E-state index contributed by atoms with van der Waals surface area (Å²) in [4.78, 5) is 38.7. The summed E-state index contributed by atoms with van der Waals surface area (Å²) in [5, 5.41) is 3.71. The van der Waals surface area contributed by atoms with Gasteiger partial charge in [0.1, 0.15) is 11.4 Å². The van der Waals surface area contributed by atoms with Crippen LogP contribution in [0.3, 0.4) is 0 Å². The Labute approximate surface area is 167 Å². The number of carbonyl (C=O) groups is 1. The number of hydrogen-bond donors (Lipinski definition) is 1. The number of nitrogens with one attached hydrogen (secondary N) is 1. The summed E-state index contributed by atoms with van der Waals surface area (Å²) >= 11 is 0. The number of nitrogens with zero attached hydrogens (tertiary/aromatic N) is 4. The molecule has 3 aromatic heterocycles. The number of fused-ring (bicyclic) bond motifs is 1. The Kier molecular flexibility index (Phi) is 4.87. The topological polar surface area (TPSA) is 89.8 Å². The molecule has 0 bridgehead atoms. The molecule has 0 radical (unpaired) electrons. The highest BCUT2D eigenvalue weighted by atomic mass is 16.2. The Morgan fingerprint density at radius 1 is 1.03 bits per heavy atom. The molecule has 4 aromatic rings. The molecule has 1 amide bonds. The van der Waals surface area contributed by atoms with E-state index in [2.05, 4.69) is 20.3 Å². The zero-order valence-electron chi connectivity index (χ0n) is 16.1. The van der Waals surface area contributed by atoms with Crippen LogP contribution in [0.2, 0.25) is 0 Å². The number of carbonyl (C=O) groups excluding carboxylic acids is 1. The van der Waals surface area contributed by atoms with Gasteiger partial charge in [0.15, 0.2) is 0 Å². The smallest absolute Gasteiger partial charge is 0.264 e. The van der Waals surface area contributed by atoms with Crippen molar-refractivity contribution in [2.24, 2.45) is 0 Å². The van der Waals surface area contributed by atoms with Crippen LogP contribution in [0.5, 0.6) is 0 Å². The van der Waals surface area contributed by atoms with Gasteiger partial charge in [0.05, 0.1) is 29.6 Å². The predicted octanol–water partition coefficient (Wildman–Crippen LogP) is 3.10. The number of rotatable bonds is 4. The minimum atomic E-state index is -0.486. The summed E-state index contributed by atoms with van der Waals surface area (Å²) in [7, 11) is 0. The molecule has 0 aliphatic heterocycles. The number of pyridine rings is 2. The van der Waals surface area contributed by atoms with Gasteiger partial charge in [0, 0.05) is 17.8 Å². The zero-order chi connectivity index (χ0) is 20.4. The third-order valence-corrected chi connectivity index (χ3v) is 4.61. The molecule has 0 unspecified atom stereocenters. The van der Waals surface area contributed by atoms with Gasteiger partial charge >= 0.3 is 0 Å². The number of hydrogen-bond acceptors (Lipinski definition) is 5. The number of para-hydroxylation sites is 1. The molecule has 0 fully saturated rings. The summed E-state index contributed by atoms with van der Waals surface area (Å²) in [6.07, 6.45) is 4.93. The van der Waals surface area contributed by atoms with Crippen LogP contribution in [0.1, 0.15) is 27.3 Å². The summed E-state index contributed by atoms with van der Waals surface area (Å²) in [5.74, 6) is -0.0908. The number of aromatic nitrogens is 4. The van der Waals surface area contributed by atoms with E-state index in [1.54, 1.807) is 37.6 Å². The van der Waals surface area contributed by atoms with Gasteiger partial charge in [0.2, 0.25) is 0 Å². The highest BCUT2D eigenvalue weighted by Crippen LogP contribution is 2.15. The van der Waals surface area contributed by atoms with Crippen LogP contribution in [0.25, 0.3) is 10.9 Å². The van der Waals surface area contributed by atoms with E-state index in [0.29, 0.717) is 17.1 Å². The first kappa shape index (κ1) is 18.5. The maximum atomic E-state index is 12.9. The van der Waals surface area contributed by atoms with E-state index in [1.807, 2.05) is 37.3 Å². The van der Waals surface area contributed by atoms with E-state index >= 15 is 0 Å². The van der Waals surface area contributed by atoms with Crippen LogP contribution in [-0.4, -0.2) is 25.4 Å². The maximum Gasteiger partial charge on any atom is 0.264 e. The van der Waals surface area contributed by atoms with Gasteiger partial charge in [-0.25, -0.2) is 4.98 Å². The highest BCUT2D eigenvalue weighted by Gasteiger charge is 2.17. The van der Waals surface area contributed by atoms with Crippen LogP contribution < -0.4 is 10.9 Å². The Morgan fingerprint density at radius 2 is 1.86 bits per heavy atom. The summed E-state index contributed by atoms with van der Waals surface area (Å²) in [5.41, 5.74) is 2.51. The number of anilines is 1. The molecule has 1 aromatic carbocycles. The first-order valence-electron chi connectivity index (χ1n) is 9.16. The van der Waals surface area contributed by atoms with E-state index in [0.717, 1.165) is 16.6 Å². The molecular weight excluding hydrogens is 366 g/mol. The van der Waals surface area contributed by atoms with Crippen molar-refractivity contribution in [1.29, 1.82) is 0 Å². The highest BCUT2D eigenvalue weighted by molar-refractivity contribution is 6.04. The van der Waals surface area contributed by atoms with Crippen molar-refractivity contribution in [2.75, 3.05) is 5.32 Å². The first-order chi connectivity index (χ1) is 14.0. The lowest BCUT2D eigenvalue weighted by Gasteiger charge is -2.11. The fourth-order valence-corrected chi connectivity index (χ4v) is 3.06.